The van der Waals surface area contributed by atoms with Gasteiger partial charge in [-0.05, 0) is 30.9 Å². The van der Waals surface area contributed by atoms with Crippen molar-refractivity contribution in [1.29, 1.82) is 0 Å². The first-order valence-corrected chi connectivity index (χ1v) is 11.5. The molecule has 158 valence electrons. The molecule has 1 aromatic rings. The monoisotopic (exact) mass is 421 g/mol. The highest BCUT2D eigenvalue weighted by molar-refractivity contribution is 7.91. The zero-order valence-electron chi connectivity index (χ0n) is 17.2. The maximum atomic E-state index is 13.6. The van der Waals surface area contributed by atoms with E-state index in [4.69, 9.17) is 0 Å². The predicted molar refractivity (Wildman–Crippen MR) is 108 cm³/mol. The molecular weight excluding hydrogens is 394 g/mol. The summed E-state index contributed by atoms with van der Waals surface area (Å²) in [4.78, 5) is 40.6. The number of carbonyl (C=O) groups excluding carboxylic acids is 3. The first-order chi connectivity index (χ1) is 13.5. The van der Waals surface area contributed by atoms with Gasteiger partial charge in [0.2, 0.25) is 0 Å². The summed E-state index contributed by atoms with van der Waals surface area (Å²) < 4.78 is 23.9. The molecule has 29 heavy (non-hydrogen) atoms. The summed E-state index contributed by atoms with van der Waals surface area (Å²) >= 11 is 0. The Morgan fingerprint density at radius 3 is 2.10 bits per heavy atom. The third-order valence-electron chi connectivity index (χ3n) is 5.33. The zero-order chi connectivity index (χ0) is 21.5. The van der Waals surface area contributed by atoms with Crippen molar-refractivity contribution in [2.45, 2.75) is 38.8 Å². The second-order valence-corrected chi connectivity index (χ2v) is 10.5. The highest BCUT2D eigenvalue weighted by Gasteiger charge is 2.46. The summed E-state index contributed by atoms with van der Waals surface area (Å²) in [6.07, 6.45) is 0.636. The minimum absolute atomic E-state index is 0.0250. The molecule has 3 amide bonds. The van der Waals surface area contributed by atoms with Crippen molar-refractivity contribution in [3.63, 3.8) is 0 Å². The van der Waals surface area contributed by atoms with Crippen LogP contribution in [0.1, 0.15) is 47.4 Å². The highest BCUT2D eigenvalue weighted by Crippen LogP contribution is 2.29. The number of nitrogens with zero attached hydrogens (tertiary/aromatic N) is 3. The maximum Gasteiger partial charge on any atom is 0.262 e. The van der Waals surface area contributed by atoms with E-state index in [9.17, 15) is 22.8 Å². The SMILES string of the molecule is CC(C)CC(C(=O)N(C1CCS(=O)(=O)C1)N(C)C)N1C(=O)c2ccccc2C1=O. The van der Waals surface area contributed by atoms with E-state index in [0.717, 1.165) is 4.90 Å². The van der Waals surface area contributed by atoms with Gasteiger partial charge in [-0.1, -0.05) is 26.0 Å². The Balaban J connectivity index is 1.97. The van der Waals surface area contributed by atoms with Gasteiger partial charge >= 0.3 is 0 Å². The number of amides is 3. The quantitative estimate of drug-likeness (QED) is 0.506. The number of fused-ring (bicyclic) bond motifs is 1. The molecule has 0 aliphatic carbocycles. The highest BCUT2D eigenvalue weighted by atomic mass is 32.2. The van der Waals surface area contributed by atoms with Crippen molar-refractivity contribution >= 4 is 27.6 Å². The van der Waals surface area contributed by atoms with E-state index in [-0.39, 0.29) is 17.4 Å². The van der Waals surface area contributed by atoms with Crippen LogP contribution >= 0.6 is 0 Å². The van der Waals surface area contributed by atoms with Crippen LogP contribution in [0.5, 0.6) is 0 Å². The minimum Gasteiger partial charge on any atom is -0.271 e. The molecule has 0 spiro atoms. The molecule has 0 radical (unpaired) electrons. The van der Waals surface area contributed by atoms with E-state index in [0.29, 0.717) is 24.0 Å². The average Bonchev–Trinajstić information content (AvgIpc) is 3.10. The number of hydrogen-bond donors (Lipinski definition) is 0. The molecule has 3 rings (SSSR count). The number of benzene rings is 1. The molecular formula is C20H27N3O5S. The number of carbonyl (C=O) groups is 3. The largest absolute Gasteiger partial charge is 0.271 e. The lowest BCUT2D eigenvalue weighted by atomic mass is 10.0. The number of hydrazine groups is 1. The molecule has 1 fully saturated rings. The fraction of sp³-hybridized carbons (Fsp3) is 0.550. The first-order valence-electron chi connectivity index (χ1n) is 9.71. The lowest BCUT2D eigenvalue weighted by molar-refractivity contribution is -0.154. The molecule has 8 nitrogen and oxygen atoms in total. The Hall–Kier alpha value is -2.26. The summed E-state index contributed by atoms with van der Waals surface area (Å²) in [6, 6.07) is 5.03. The van der Waals surface area contributed by atoms with E-state index in [1.54, 1.807) is 43.4 Å². The van der Waals surface area contributed by atoms with Gasteiger partial charge < -0.3 is 0 Å². The molecule has 0 bridgehead atoms. The third-order valence-corrected chi connectivity index (χ3v) is 7.08. The molecule has 2 heterocycles. The number of sulfone groups is 1. The van der Waals surface area contributed by atoms with Crippen LogP contribution in [0.4, 0.5) is 0 Å². The van der Waals surface area contributed by atoms with Crippen molar-refractivity contribution in [3.05, 3.63) is 35.4 Å². The Kier molecular flexibility index (Phi) is 5.82. The normalized spacial score (nSPS) is 21.7. The minimum atomic E-state index is -3.21. The number of imide groups is 1. The van der Waals surface area contributed by atoms with Gasteiger partial charge in [0.15, 0.2) is 9.84 Å². The predicted octanol–water partition coefficient (Wildman–Crippen LogP) is 1.19. The molecule has 2 aliphatic rings. The fourth-order valence-corrected chi connectivity index (χ4v) is 5.77. The van der Waals surface area contributed by atoms with Gasteiger partial charge in [-0.15, -0.1) is 0 Å². The van der Waals surface area contributed by atoms with Crippen LogP contribution in [0.2, 0.25) is 0 Å². The van der Waals surface area contributed by atoms with E-state index >= 15 is 0 Å². The van der Waals surface area contributed by atoms with Crippen LogP contribution in [0.25, 0.3) is 0 Å². The molecule has 0 aromatic heterocycles. The summed E-state index contributed by atoms with van der Waals surface area (Å²) in [5.41, 5.74) is 0.581. The molecule has 0 saturated carbocycles. The standard InChI is InChI=1S/C20H27N3O5S/c1-13(2)11-17(22-18(24)15-7-5-6-8-16(15)19(22)25)20(26)23(21(3)4)14-9-10-29(27,28)12-14/h5-8,13-14,17H,9-12H2,1-4H3. The first kappa shape index (κ1) is 21.4. The summed E-state index contributed by atoms with van der Waals surface area (Å²) in [7, 11) is 0.120. The number of hydrogen-bond acceptors (Lipinski definition) is 6. The lowest BCUT2D eigenvalue weighted by Crippen LogP contribution is -2.58. The Morgan fingerprint density at radius 2 is 1.69 bits per heavy atom. The van der Waals surface area contributed by atoms with Crippen LogP contribution in [-0.4, -0.2) is 78.7 Å². The summed E-state index contributed by atoms with van der Waals surface area (Å²) in [5.74, 6) is -1.44. The molecule has 9 heteroatoms. The van der Waals surface area contributed by atoms with Crippen molar-refractivity contribution in [2.75, 3.05) is 25.6 Å². The van der Waals surface area contributed by atoms with Crippen LogP contribution in [-0.2, 0) is 14.6 Å². The van der Waals surface area contributed by atoms with E-state index in [1.165, 1.54) is 5.01 Å². The Bertz CT molecular complexity index is 906. The van der Waals surface area contributed by atoms with Crippen LogP contribution in [0.15, 0.2) is 24.3 Å². The summed E-state index contributed by atoms with van der Waals surface area (Å²) in [6.45, 7) is 3.83. The van der Waals surface area contributed by atoms with Crippen LogP contribution < -0.4 is 0 Å². The van der Waals surface area contributed by atoms with Gasteiger partial charge in [0.05, 0.1) is 28.7 Å². The van der Waals surface area contributed by atoms with Crippen molar-refractivity contribution in [1.82, 2.24) is 14.9 Å². The van der Waals surface area contributed by atoms with Gasteiger partial charge in [-0.25, -0.2) is 13.4 Å². The third kappa shape index (κ3) is 4.06. The van der Waals surface area contributed by atoms with Gasteiger partial charge in [-0.3, -0.25) is 24.3 Å². The fourth-order valence-electron chi connectivity index (χ4n) is 4.08. The van der Waals surface area contributed by atoms with Crippen molar-refractivity contribution in [2.24, 2.45) is 5.92 Å². The molecule has 2 atom stereocenters. The molecule has 2 unspecified atom stereocenters. The zero-order valence-corrected chi connectivity index (χ0v) is 18.0. The van der Waals surface area contributed by atoms with E-state index in [1.807, 2.05) is 13.8 Å². The topological polar surface area (TPSA) is 95.1 Å². The van der Waals surface area contributed by atoms with Gasteiger partial charge in [0.25, 0.3) is 17.7 Å². The van der Waals surface area contributed by atoms with Gasteiger partial charge in [0.1, 0.15) is 6.04 Å². The molecule has 0 N–H and O–H groups in total. The van der Waals surface area contributed by atoms with Gasteiger partial charge in [0, 0.05) is 14.1 Å². The second kappa shape index (κ2) is 7.87. The van der Waals surface area contributed by atoms with Crippen molar-refractivity contribution in [3.8, 4) is 0 Å². The Morgan fingerprint density at radius 1 is 1.14 bits per heavy atom. The smallest absolute Gasteiger partial charge is 0.262 e. The second-order valence-electron chi connectivity index (χ2n) is 8.26. The van der Waals surface area contributed by atoms with Gasteiger partial charge in [-0.2, -0.15) is 0 Å². The van der Waals surface area contributed by atoms with E-state index < -0.39 is 39.6 Å². The number of rotatable bonds is 6. The Labute approximate surface area is 171 Å². The maximum absolute atomic E-state index is 13.6. The molecule has 1 aromatic carbocycles. The van der Waals surface area contributed by atoms with Crippen molar-refractivity contribution < 1.29 is 22.8 Å². The van der Waals surface area contributed by atoms with E-state index in [2.05, 4.69) is 0 Å². The van der Waals surface area contributed by atoms with Crippen LogP contribution in [0.3, 0.4) is 0 Å². The summed E-state index contributed by atoms with van der Waals surface area (Å²) in [5, 5.41) is 2.96. The van der Waals surface area contributed by atoms with Crippen LogP contribution in [0, 0.1) is 5.92 Å². The molecule has 1 saturated heterocycles. The average molecular weight is 422 g/mol. The molecule has 2 aliphatic heterocycles. The lowest BCUT2D eigenvalue weighted by Gasteiger charge is -2.38.